The van der Waals surface area contributed by atoms with Gasteiger partial charge in [0, 0.05) is 18.5 Å². The Bertz CT molecular complexity index is 791. The van der Waals surface area contributed by atoms with E-state index in [0.29, 0.717) is 11.4 Å². The van der Waals surface area contributed by atoms with E-state index in [4.69, 9.17) is 4.74 Å². The SMILES string of the molecule is CCc1ccc(O[C@@H](C)C(=O)NNC(=O)CCC(=O)Nc2ccccc2)cc1. The quantitative estimate of drug-likeness (QED) is 0.611. The van der Waals surface area contributed by atoms with Gasteiger partial charge in [0.15, 0.2) is 6.10 Å². The lowest BCUT2D eigenvalue weighted by Gasteiger charge is -2.15. The fourth-order valence-corrected chi connectivity index (χ4v) is 2.33. The van der Waals surface area contributed by atoms with E-state index < -0.39 is 17.9 Å². The number of carbonyl (C=O) groups excluding carboxylic acids is 3. The van der Waals surface area contributed by atoms with Crippen LogP contribution in [-0.2, 0) is 20.8 Å². The Labute approximate surface area is 164 Å². The van der Waals surface area contributed by atoms with E-state index in [2.05, 4.69) is 23.1 Å². The van der Waals surface area contributed by atoms with Crippen LogP contribution in [0.25, 0.3) is 0 Å². The summed E-state index contributed by atoms with van der Waals surface area (Å²) < 4.78 is 5.55. The molecule has 2 aromatic rings. The van der Waals surface area contributed by atoms with Crippen LogP contribution in [0.15, 0.2) is 54.6 Å². The predicted molar refractivity (Wildman–Crippen MR) is 107 cm³/mol. The largest absolute Gasteiger partial charge is 0.481 e. The highest BCUT2D eigenvalue weighted by atomic mass is 16.5. The zero-order chi connectivity index (χ0) is 20.4. The number of carbonyl (C=O) groups is 3. The maximum atomic E-state index is 12.0. The molecule has 28 heavy (non-hydrogen) atoms. The van der Waals surface area contributed by atoms with Crippen molar-refractivity contribution < 1.29 is 19.1 Å². The van der Waals surface area contributed by atoms with Gasteiger partial charge in [0.25, 0.3) is 5.91 Å². The van der Waals surface area contributed by atoms with Crippen molar-refractivity contribution in [3.63, 3.8) is 0 Å². The standard InChI is InChI=1S/C21H25N3O4/c1-3-16-9-11-18(12-10-16)28-15(2)21(27)24-23-20(26)14-13-19(25)22-17-7-5-4-6-8-17/h4-12,15H,3,13-14H2,1-2H3,(H,22,25)(H,23,26)(H,24,27)/t15-/m0/s1. The number of hydrogen-bond donors (Lipinski definition) is 3. The lowest BCUT2D eigenvalue weighted by Crippen LogP contribution is -2.47. The molecule has 0 saturated heterocycles. The average Bonchev–Trinajstić information content (AvgIpc) is 2.71. The maximum absolute atomic E-state index is 12.0. The number of hydrazine groups is 1. The third-order valence-corrected chi connectivity index (χ3v) is 3.98. The molecule has 3 amide bonds. The van der Waals surface area contributed by atoms with Crippen LogP contribution in [0.2, 0.25) is 0 Å². The molecule has 148 valence electrons. The molecule has 0 spiro atoms. The van der Waals surface area contributed by atoms with Gasteiger partial charge in [-0.3, -0.25) is 25.2 Å². The first-order valence-electron chi connectivity index (χ1n) is 9.17. The topological polar surface area (TPSA) is 96.5 Å². The Balaban J connectivity index is 1.67. The number of para-hydroxylation sites is 1. The van der Waals surface area contributed by atoms with E-state index in [1.54, 1.807) is 43.3 Å². The van der Waals surface area contributed by atoms with Crippen LogP contribution in [0, 0.1) is 0 Å². The molecule has 0 aliphatic rings. The van der Waals surface area contributed by atoms with Crippen molar-refractivity contribution in [3.8, 4) is 5.75 Å². The number of hydrogen-bond acceptors (Lipinski definition) is 4. The Hall–Kier alpha value is -3.35. The normalized spacial score (nSPS) is 11.2. The third-order valence-electron chi connectivity index (χ3n) is 3.98. The molecule has 0 fully saturated rings. The van der Waals surface area contributed by atoms with E-state index in [1.807, 2.05) is 18.2 Å². The van der Waals surface area contributed by atoms with Crippen LogP contribution in [0.1, 0.15) is 32.3 Å². The molecular formula is C21H25N3O4. The summed E-state index contributed by atoms with van der Waals surface area (Å²) in [4.78, 5) is 35.6. The molecule has 7 nitrogen and oxygen atoms in total. The predicted octanol–water partition coefficient (Wildman–Crippen LogP) is 2.58. The maximum Gasteiger partial charge on any atom is 0.279 e. The van der Waals surface area contributed by atoms with Gasteiger partial charge >= 0.3 is 0 Å². The second-order valence-corrected chi connectivity index (χ2v) is 6.21. The highest BCUT2D eigenvalue weighted by Gasteiger charge is 2.16. The molecule has 0 unspecified atom stereocenters. The van der Waals surface area contributed by atoms with Crippen molar-refractivity contribution in [1.82, 2.24) is 10.9 Å². The van der Waals surface area contributed by atoms with Gasteiger partial charge in [0.05, 0.1) is 0 Å². The van der Waals surface area contributed by atoms with E-state index in [1.165, 1.54) is 5.56 Å². The third kappa shape index (κ3) is 7.11. The van der Waals surface area contributed by atoms with Gasteiger partial charge < -0.3 is 10.1 Å². The minimum absolute atomic E-state index is 0.00638. The van der Waals surface area contributed by atoms with Gasteiger partial charge in [-0.2, -0.15) is 0 Å². The van der Waals surface area contributed by atoms with E-state index in [-0.39, 0.29) is 18.7 Å². The number of ether oxygens (including phenoxy) is 1. The fourth-order valence-electron chi connectivity index (χ4n) is 2.33. The zero-order valence-electron chi connectivity index (χ0n) is 16.0. The van der Waals surface area contributed by atoms with Crippen LogP contribution >= 0.6 is 0 Å². The summed E-state index contributed by atoms with van der Waals surface area (Å²) in [6, 6.07) is 16.4. The lowest BCUT2D eigenvalue weighted by atomic mass is 10.2. The Morgan fingerprint density at radius 1 is 0.893 bits per heavy atom. The van der Waals surface area contributed by atoms with Crippen molar-refractivity contribution in [3.05, 3.63) is 60.2 Å². The number of rotatable bonds is 8. The van der Waals surface area contributed by atoms with Crippen LogP contribution in [0.3, 0.4) is 0 Å². The average molecular weight is 383 g/mol. The Morgan fingerprint density at radius 3 is 2.18 bits per heavy atom. The van der Waals surface area contributed by atoms with Crippen LogP contribution in [0.5, 0.6) is 5.75 Å². The first-order valence-corrected chi connectivity index (χ1v) is 9.17. The van der Waals surface area contributed by atoms with Crippen molar-refractivity contribution in [1.29, 1.82) is 0 Å². The molecule has 0 radical (unpaired) electrons. The summed E-state index contributed by atoms with van der Waals surface area (Å²) in [5.74, 6) is -0.652. The molecule has 1 atom stereocenters. The minimum atomic E-state index is -0.783. The lowest BCUT2D eigenvalue weighted by molar-refractivity contribution is -0.133. The number of amides is 3. The van der Waals surface area contributed by atoms with Crippen molar-refractivity contribution in [2.75, 3.05) is 5.32 Å². The number of nitrogens with one attached hydrogen (secondary N) is 3. The van der Waals surface area contributed by atoms with Crippen molar-refractivity contribution in [2.24, 2.45) is 0 Å². The molecule has 0 heterocycles. The minimum Gasteiger partial charge on any atom is -0.481 e. The van der Waals surface area contributed by atoms with Crippen molar-refractivity contribution in [2.45, 2.75) is 39.2 Å². The van der Waals surface area contributed by atoms with Gasteiger partial charge in [-0.1, -0.05) is 37.3 Å². The van der Waals surface area contributed by atoms with Crippen LogP contribution < -0.4 is 20.9 Å². The molecule has 0 aliphatic heterocycles. The van der Waals surface area contributed by atoms with Gasteiger partial charge in [-0.25, -0.2) is 0 Å². The van der Waals surface area contributed by atoms with Crippen LogP contribution in [0.4, 0.5) is 5.69 Å². The molecule has 2 rings (SSSR count). The molecule has 2 aromatic carbocycles. The van der Waals surface area contributed by atoms with Gasteiger partial charge in [0.2, 0.25) is 11.8 Å². The number of benzene rings is 2. The monoisotopic (exact) mass is 383 g/mol. The summed E-state index contributed by atoms with van der Waals surface area (Å²) in [6.07, 6.45) is 0.0966. The van der Waals surface area contributed by atoms with E-state index in [0.717, 1.165) is 6.42 Å². The first-order chi connectivity index (χ1) is 13.5. The van der Waals surface area contributed by atoms with E-state index in [9.17, 15) is 14.4 Å². The highest BCUT2D eigenvalue weighted by Crippen LogP contribution is 2.14. The van der Waals surface area contributed by atoms with Gasteiger partial charge in [-0.05, 0) is 43.2 Å². The smallest absolute Gasteiger partial charge is 0.279 e. The summed E-state index contributed by atoms with van der Waals surface area (Å²) >= 11 is 0. The molecule has 0 bridgehead atoms. The molecule has 3 N–H and O–H groups in total. The Morgan fingerprint density at radius 2 is 1.54 bits per heavy atom. The molecule has 0 aromatic heterocycles. The second-order valence-electron chi connectivity index (χ2n) is 6.21. The fraction of sp³-hybridized carbons (Fsp3) is 0.286. The first kappa shape index (κ1) is 21.0. The van der Waals surface area contributed by atoms with Crippen LogP contribution in [-0.4, -0.2) is 23.8 Å². The molecule has 7 heteroatoms. The molecule has 0 aliphatic carbocycles. The van der Waals surface area contributed by atoms with Crippen molar-refractivity contribution >= 4 is 23.4 Å². The zero-order valence-corrected chi connectivity index (χ0v) is 16.0. The molecular weight excluding hydrogens is 358 g/mol. The summed E-state index contributed by atoms with van der Waals surface area (Å²) in [5.41, 5.74) is 6.43. The highest BCUT2D eigenvalue weighted by molar-refractivity contribution is 5.93. The number of aryl methyl sites for hydroxylation is 1. The summed E-state index contributed by atoms with van der Waals surface area (Å²) in [5, 5.41) is 2.69. The van der Waals surface area contributed by atoms with Gasteiger partial charge in [-0.15, -0.1) is 0 Å². The summed E-state index contributed by atoms with van der Waals surface area (Å²) in [6.45, 7) is 3.64. The summed E-state index contributed by atoms with van der Waals surface area (Å²) in [7, 11) is 0. The molecule has 0 saturated carbocycles. The second kappa shape index (κ2) is 10.7. The van der Waals surface area contributed by atoms with E-state index >= 15 is 0 Å². The van der Waals surface area contributed by atoms with Gasteiger partial charge in [0.1, 0.15) is 5.75 Å². The number of anilines is 1. The Kier molecular flexibility index (Phi) is 8.02.